The average molecular weight is 373 g/mol. The average Bonchev–Trinajstić information content (AvgIpc) is 2.33. The lowest BCUT2D eigenvalue weighted by Gasteiger charge is -2.06. The second-order valence-electron chi connectivity index (χ2n) is 3.23. The summed E-state index contributed by atoms with van der Waals surface area (Å²) in [6, 6.07) is 3.26. The zero-order valence-electron chi connectivity index (χ0n) is 8.89. The Balaban J connectivity index is 2.24. The third kappa shape index (κ3) is 2.82. The molecule has 1 amide bonds. The molecular weight excluding hydrogens is 366 g/mol. The van der Waals surface area contributed by atoms with Crippen molar-refractivity contribution in [2.24, 2.45) is 0 Å². The van der Waals surface area contributed by atoms with Crippen molar-refractivity contribution in [2.45, 2.75) is 0 Å². The molecular formula is C10H7Br2N5O. The van der Waals surface area contributed by atoms with Gasteiger partial charge < -0.3 is 11.1 Å². The summed E-state index contributed by atoms with van der Waals surface area (Å²) in [7, 11) is 0. The zero-order chi connectivity index (χ0) is 13.1. The molecule has 0 fully saturated rings. The molecule has 3 N–H and O–H groups in total. The molecule has 0 aromatic carbocycles. The van der Waals surface area contributed by atoms with Gasteiger partial charge in [-0.3, -0.25) is 4.79 Å². The van der Waals surface area contributed by atoms with Crippen LogP contribution in [-0.2, 0) is 0 Å². The van der Waals surface area contributed by atoms with Gasteiger partial charge in [-0.05, 0) is 44.0 Å². The summed E-state index contributed by atoms with van der Waals surface area (Å²) in [6.45, 7) is 0. The molecule has 2 aromatic rings. The van der Waals surface area contributed by atoms with Gasteiger partial charge in [0.15, 0.2) is 11.5 Å². The predicted molar refractivity (Wildman–Crippen MR) is 74.0 cm³/mol. The van der Waals surface area contributed by atoms with Crippen molar-refractivity contribution in [1.82, 2.24) is 15.0 Å². The third-order valence-corrected chi connectivity index (χ3v) is 2.92. The van der Waals surface area contributed by atoms with E-state index in [-0.39, 0.29) is 5.69 Å². The monoisotopic (exact) mass is 371 g/mol. The molecule has 0 saturated heterocycles. The van der Waals surface area contributed by atoms with E-state index >= 15 is 0 Å². The molecule has 0 aliphatic heterocycles. The van der Waals surface area contributed by atoms with E-state index in [2.05, 4.69) is 52.1 Å². The first-order chi connectivity index (χ1) is 8.58. The van der Waals surface area contributed by atoms with Crippen LogP contribution in [0.3, 0.4) is 0 Å². The fourth-order valence-electron chi connectivity index (χ4n) is 1.20. The molecule has 2 rings (SSSR count). The van der Waals surface area contributed by atoms with Crippen LogP contribution in [0, 0.1) is 0 Å². The van der Waals surface area contributed by atoms with Crippen molar-refractivity contribution >= 4 is 49.3 Å². The van der Waals surface area contributed by atoms with E-state index in [1.165, 1.54) is 12.4 Å². The highest BCUT2D eigenvalue weighted by molar-refractivity contribution is 9.11. The van der Waals surface area contributed by atoms with Gasteiger partial charge in [-0.25, -0.2) is 15.0 Å². The van der Waals surface area contributed by atoms with E-state index in [4.69, 9.17) is 5.73 Å². The molecule has 0 unspecified atom stereocenters. The van der Waals surface area contributed by atoms with Crippen molar-refractivity contribution in [3.63, 3.8) is 0 Å². The smallest absolute Gasteiger partial charge is 0.277 e. The Morgan fingerprint density at radius 3 is 2.78 bits per heavy atom. The zero-order valence-corrected chi connectivity index (χ0v) is 12.1. The molecule has 6 nitrogen and oxygen atoms in total. The minimum absolute atomic E-state index is 0.147. The first kappa shape index (κ1) is 12.9. The van der Waals surface area contributed by atoms with E-state index in [1.807, 2.05) is 0 Å². The number of nitrogens with zero attached hydrogens (tertiary/aromatic N) is 3. The number of halogens is 2. The number of aromatic nitrogens is 3. The number of amides is 1. The van der Waals surface area contributed by atoms with E-state index in [9.17, 15) is 4.79 Å². The quantitative estimate of drug-likeness (QED) is 0.842. The second kappa shape index (κ2) is 5.40. The molecule has 0 aliphatic carbocycles. The van der Waals surface area contributed by atoms with Crippen LogP contribution in [0.1, 0.15) is 10.5 Å². The maximum atomic E-state index is 11.9. The standard InChI is InChI=1S/C10H7Br2N5O/c11-6-4-15-9(8(12)16-6)17-10(18)7-5(13)2-1-3-14-7/h1-4H,13H2,(H,15,17,18). The van der Waals surface area contributed by atoms with Crippen LogP contribution < -0.4 is 11.1 Å². The minimum Gasteiger partial charge on any atom is -0.397 e. The first-order valence-electron chi connectivity index (χ1n) is 4.78. The number of nitrogens with one attached hydrogen (secondary N) is 1. The second-order valence-corrected chi connectivity index (χ2v) is 4.79. The number of carbonyl (C=O) groups excluding carboxylic acids is 1. The summed E-state index contributed by atoms with van der Waals surface area (Å²) in [5.41, 5.74) is 6.11. The van der Waals surface area contributed by atoms with Crippen LogP contribution in [0.25, 0.3) is 0 Å². The van der Waals surface area contributed by atoms with Crippen LogP contribution in [0.15, 0.2) is 33.7 Å². The Bertz CT molecular complexity index is 605. The van der Waals surface area contributed by atoms with E-state index in [0.29, 0.717) is 20.7 Å². The van der Waals surface area contributed by atoms with Gasteiger partial charge >= 0.3 is 0 Å². The lowest BCUT2D eigenvalue weighted by Crippen LogP contribution is -2.17. The maximum Gasteiger partial charge on any atom is 0.277 e. The van der Waals surface area contributed by atoms with Crippen LogP contribution in [0.4, 0.5) is 11.5 Å². The Labute approximate surface area is 119 Å². The van der Waals surface area contributed by atoms with Crippen molar-refractivity contribution in [2.75, 3.05) is 11.1 Å². The third-order valence-electron chi connectivity index (χ3n) is 1.99. The van der Waals surface area contributed by atoms with Gasteiger partial charge in [0.2, 0.25) is 0 Å². The molecule has 18 heavy (non-hydrogen) atoms. The number of carbonyl (C=O) groups is 1. The minimum atomic E-state index is -0.439. The first-order valence-corrected chi connectivity index (χ1v) is 6.36. The number of pyridine rings is 1. The normalized spacial score (nSPS) is 10.1. The number of nitrogens with two attached hydrogens (primary N) is 1. The summed E-state index contributed by atoms with van der Waals surface area (Å²) >= 11 is 6.37. The fourth-order valence-corrected chi connectivity index (χ4v) is 2.11. The van der Waals surface area contributed by atoms with Crippen LogP contribution in [0.5, 0.6) is 0 Å². The highest BCUT2D eigenvalue weighted by Crippen LogP contribution is 2.20. The SMILES string of the molecule is Nc1cccnc1C(=O)Nc1ncc(Br)nc1Br. The van der Waals surface area contributed by atoms with Crippen molar-refractivity contribution < 1.29 is 4.79 Å². The molecule has 2 heterocycles. The highest BCUT2D eigenvalue weighted by atomic mass is 79.9. The maximum absolute atomic E-state index is 11.9. The number of hydrogen-bond donors (Lipinski definition) is 2. The molecule has 0 atom stereocenters. The lowest BCUT2D eigenvalue weighted by molar-refractivity contribution is 0.102. The number of hydrogen-bond acceptors (Lipinski definition) is 5. The Morgan fingerprint density at radius 2 is 2.11 bits per heavy atom. The Morgan fingerprint density at radius 1 is 1.33 bits per heavy atom. The Kier molecular flexibility index (Phi) is 3.87. The molecule has 92 valence electrons. The van der Waals surface area contributed by atoms with Crippen molar-refractivity contribution in [1.29, 1.82) is 0 Å². The molecule has 2 aromatic heterocycles. The molecule has 0 aliphatic rings. The van der Waals surface area contributed by atoms with Crippen LogP contribution in [-0.4, -0.2) is 20.9 Å². The molecule has 0 radical (unpaired) electrons. The van der Waals surface area contributed by atoms with E-state index in [0.717, 1.165) is 0 Å². The van der Waals surface area contributed by atoms with Crippen molar-refractivity contribution in [3.8, 4) is 0 Å². The van der Waals surface area contributed by atoms with Gasteiger partial charge in [0.25, 0.3) is 5.91 Å². The molecule has 0 saturated carbocycles. The number of nitrogen functional groups attached to an aromatic ring is 1. The van der Waals surface area contributed by atoms with E-state index < -0.39 is 5.91 Å². The number of rotatable bonds is 2. The van der Waals surface area contributed by atoms with Gasteiger partial charge in [0.05, 0.1) is 11.9 Å². The summed E-state index contributed by atoms with van der Waals surface area (Å²) < 4.78 is 0.976. The molecule has 8 heteroatoms. The fraction of sp³-hybridized carbons (Fsp3) is 0. The highest BCUT2D eigenvalue weighted by Gasteiger charge is 2.13. The number of anilines is 2. The van der Waals surface area contributed by atoms with Crippen molar-refractivity contribution in [3.05, 3.63) is 39.4 Å². The summed E-state index contributed by atoms with van der Waals surface area (Å²) in [5, 5.41) is 2.57. The molecule has 0 bridgehead atoms. The van der Waals surface area contributed by atoms with E-state index in [1.54, 1.807) is 12.1 Å². The van der Waals surface area contributed by atoms with Gasteiger partial charge in [-0.2, -0.15) is 0 Å². The van der Waals surface area contributed by atoms with Crippen LogP contribution >= 0.6 is 31.9 Å². The van der Waals surface area contributed by atoms with Gasteiger partial charge in [-0.15, -0.1) is 0 Å². The predicted octanol–water partition coefficient (Wildman–Crippen LogP) is 2.23. The molecule has 0 spiro atoms. The lowest BCUT2D eigenvalue weighted by atomic mass is 10.3. The topological polar surface area (TPSA) is 93.8 Å². The largest absolute Gasteiger partial charge is 0.397 e. The van der Waals surface area contributed by atoms with Gasteiger partial charge in [-0.1, -0.05) is 0 Å². The van der Waals surface area contributed by atoms with Gasteiger partial charge in [0.1, 0.15) is 9.21 Å². The summed E-state index contributed by atoms with van der Waals surface area (Å²) in [6.07, 6.45) is 2.97. The Hall–Kier alpha value is -1.54. The summed E-state index contributed by atoms with van der Waals surface area (Å²) in [5.74, 6) is -0.140. The van der Waals surface area contributed by atoms with Gasteiger partial charge in [0, 0.05) is 6.20 Å². The van der Waals surface area contributed by atoms with Crippen LogP contribution in [0.2, 0.25) is 0 Å². The summed E-state index contributed by atoms with van der Waals surface area (Å²) in [4.78, 5) is 23.9.